The van der Waals surface area contributed by atoms with Gasteiger partial charge in [-0.2, -0.15) is 0 Å². The topological polar surface area (TPSA) is 100 Å². The number of carboxylic acids is 1. The van der Waals surface area contributed by atoms with E-state index in [1.807, 2.05) is 0 Å². The molecular formula is C14H13BrN3O4S-. The monoisotopic (exact) mass is 398 g/mol. The number of carboxylic acid groups (broad SMARTS) is 1. The Morgan fingerprint density at radius 3 is 2.57 bits per heavy atom. The zero-order valence-electron chi connectivity index (χ0n) is 12.5. The van der Waals surface area contributed by atoms with E-state index in [1.54, 1.807) is 19.1 Å². The first-order chi connectivity index (χ1) is 10.9. The van der Waals surface area contributed by atoms with Gasteiger partial charge in [0.25, 0.3) is 0 Å². The smallest absolute Gasteiger partial charge is 0.213 e. The zero-order chi connectivity index (χ0) is 17.0. The minimum absolute atomic E-state index is 0.0423. The van der Waals surface area contributed by atoms with Crippen molar-refractivity contribution >= 4 is 39.7 Å². The maximum atomic E-state index is 11.4. The Bertz CT molecular complexity index is 760. The Hall–Kier alpha value is -2.00. The average Bonchev–Trinajstić information content (AvgIpc) is 2.92. The fourth-order valence-corrected chi connectivity index (χ4v) is 3.00. The van der Waals surface area contributed by atoms with Gasteiger partial charge in [0.1, 0.15) is 17.3 Å². The molecule has 1 aromatic heterocycles. The molecule has 0 fully saturated rings. The van der Waals surface area contributed by atoms with Crippen LogP contribution in [0.25, 0.3) is 6.08 Å². The Morgan fingerprint density at radius 2 is 2.04 bits per heavy atom. The highest BCUT2D eigenvalue weighted by molar-refractivity contribution is 9.10. The second-order valence-corrected chi connectivity index (χ2v) is 6.19. The van der Waals surface area contributed by atoms with Crippen LogP contribution in [0, 0.1) is 6.92 Å². The number of aromatic amines is 1. The number of rotatable bonds is 6. The molecule has 1 N–H and O–H groups in total. The van der Waals surface area contributed by atoms with E-state index in [0.29, 0.717) is 32.5 Å². The summed E-state index contributed by atoms with van der Waals surface area (Å²) in [5.74, 6) is 0.309. The van der Waals surface area contributed by atoms with E-state index in [1.165, 1.54) is 20.3 Å². The molecule has 2 rings (SSSR count). The minimum Gasteiger partial charge on any atom is -0.544 e. The van der Waals surface area contributed by atoms with E-state index in [0.717, 1.165) is 11.8 Å². The number of hydrogen-bond donors (Lipinski definition) is 1. The summed E-state index contributed by atoms with van der Waals surface area (Å²) < 4.78 is 11.1. The number of benzene rings is 1. The van der Waals surface area contributed by atoms with Crippen molar-refractivity contribution in [1.29, 1.82) is 0 Å². The van der Waals surface area contributed by atoms with Crippen LogP contribution in [0.15, 0.2) is 26.7 Å². The number of H-pyrrole nitrogens is 1. The van der Waals surface area contributed by atoms with Crippen LogP contribution in [0.2, 0.25) is 0 Å². The van der Waals surface area contributed by atoms with Gasteiger partial charge in [0.2, 0.25) is 5.16 Å². The van der Waals surface area contributed by atoms with Crippen molar-refractivity contribution in [2.75, 3.05) is 14.2 Å². The minimum atomic E-state index is -1.33. The van der Waals surface area contributed by atoms with E-state index in [2.05, 4.69) is 31.1 Å². The predicted octanol–water partition coefficient (Wildman–Crippen LogP) is 1.78. The molecular weight excluding hydrogens is 386 g/mol. The number of thioether (sulfide) groups is 1. The molecule has 0 unspecified atom stereocenters. The summed E-state index contributed by atoms with van der Waals surface area (Å²) in [4.78, 5) is 15.4. The van der Waals surface area contributed by atoms with Crippen molar-refractivity contribution in [2.45, 2.75) is 12.1 Å². The number of ether oxygens (including phenoxy) is 2. The highest BCUT2D eigenvalue weighted by atomic mass is 79.9. The SMILES string of the molecule is COc1cc(OC)c(/C=C(/Sc2n[nH]c(C)n2)C(=O)[O-])cc1Br. The molecule has 0 radical (unpaired) electrons. The molecule has 0 saturated heterocycles. The maximum absolute atomic E-state index is 11.4. The molecule has 1 aromatic carbocycles. The number of aryl methyl sites for hydroxylation is 1. The second-order valence-electron chi connectivity index (χ2n) is 4.33. The summed E-state index contributed by atoms with van der Waals surface area (Å²) in [6.07, 6.45) is 1.44. The average molecular weight is 399 g/mol. The highest BCUT2D eigenvalue weighted by Gasteiger charge is 2.12. The van der Waals surface area contributed by atoms with E-state index >= 15 is 0 Å². The van der Waals surface area contributed by atoms with Gasteiger partial charge in [-0.15, -0.1) is 5.10 Å². The number of aliphatic carboxylic acids is 1. The number of carbonyl (C=O) groups excluding carboxylic acids is 1. The lowest BCUT2D eigenvalue weighted by Gasteiger charge is -2.12. The fourth-order valence-electron chi connectivity index (χ4n) is 1.73. The van der Waals surface area contributed by atoms with Crippen molar-refractivity contribution in [3.8, 4) is 11.5 Å². The van der Waals surface area contributed by atoms with E-state index < -0.39 is 5.97 Å². The van der Waals surface area contributed by atoms with Crippen molar-refractivity contribution in [3.63, 3.8) is 0 Å². The van der Waals surface area contributed by atoms with Gasteiger partial charge in [0, 0.05) is 16.5 Å². The molecule has 9 heteroatoms. The van der Waals surface area contributed by atoms with Gasteiger partial charge < -0.3 is 19.4 Å². The van der Waals surface area contributed by atoms with Crippen LogP contribution in [-0.2, 0) is 4.79 Å². The summed E-state index contributed by atoms with van der Waals surface area (Å²) in [7, 11) is 3.02. The number of aromatic nitrogens is 3. The Labute approximate surface area is 145 Å². The van der Waals surface area contributed by atoms with Gasteiger partial charge in [0.15, 0.2) is 0 Å². The quantitative estimate of drug-likeness (QED) is 0.584. The Balaban J connectivity index is 2.42. The molecule has 122 valence electrons. The third kappa shape index (κ3) is 4.26. The largest absolute Gasteiger partial charge is 0.544 e. The van der Waals surface area contributed by atoms with Gasteiger partial charge in [-0.05, 0) is 46.8 Å². The summed E-state index contributed by atoms with van der Waals surface area (Å²) in [5.41, 5.74) is 0.555. The molecule has 23 heavy (non-hydrogen) atoms. The number of carbonyl (C=O) groups is 1. The van der Waals surface area contributed by atoms with Crippen molar-refractivity contribution in [1.82, 2.24) is 15.2 Å². The number of halogens is 1. The molecule has 0 aliphatic heterocycles. The summed E-state index contributed by atoms with van der Waals surface area (Å²) >= 11 is 4.25. The lowest BCUT2D eigenvalue weighted by atomic mass is 10.1. The van der Waals surface area contributed by atoms with Gasteiger partial charge >= 0.3 is 0 Å². The third-order valence-electron chi connectivity index (χ3n) is 2.77. The summed E-state index contributed by atoms with van der Waals surface area (Å²) in [6, 6.07) is 3.36. The second kappa shape index (κ2) is 7.51. The number of methoxy groups -OCH3 is 2. The predicted molar refractivity (Wildman–Crippen MR) is 87.2 cm³/mol. The van der Waals surface area contributed by atoms with Crippen LogP contribution in [0.5, 0.6) is 11.5 Å². The van der Waals surface area contributed by atoms with Gasteiger partial charge in [-0.25, -0.2) is 4.98 Å². The van der Waals surface area contributed by atoms with E-state index in [9.17, 15) is 9.90 Å². The van der Waals surface area contributed by atoms with Crippen LogP contribution in [-0.4, -0.2) is 35.4 Å². The van der Waals surface area contributed by atoms with Crippen LogP contribution in [0.4, 0.5) is 0 Å². The molecule has 1 heterocycles. The van der Waals surface area contributed by atoms with Gasteiger partial charge in [0.05, 0.1) is 24.7 Å². The molecule has 0 amide bonds. The number of nitrogens with zero attached hydrogens (tertiary/aromatic N) is 2. The maximum Gasteiger partial charge on any atom is 0.213 e. The molecule has 0 bridgehead atoms. The molecule has 0 saturated carbocycles. The van der Waals surface area contributed by atoms with Crippen molar-refractivity contribution in [3.05, 3.63) is 32.9 Å². The van der Waals surface area contributed by atoms with Crippen LogP contribution >= 0.6 is 27.7 Å². The molecule has 2 aromatic rings. The summed E-state index contributed by atoms with van der Waals surface area (Å²) in [5, 5.41) is 18.2. The number of nitrogens with one attached hydrogen (secondary N) is 1. The first-order valence-corrected chi connectivity index (χ1v) is 7.97. The van der Waals surface area contributed by atoms with Crippen LogP contribution < -0.4 is 14.6 Å². The molecule has 0 spiro atoms. The zero-order valence-corrected chi connectivity index (χ0v) is 14.9. The van der Waals surface area contributed by atoms with Gasteiger partial charge in [-0.1, -0.05) is 0 Å². The Morgan fingerprint density at radius 1 is 1.35 bits per heavy atom. The lowest BCUT2D eigenvalue weighted by Crippen LogP contribution is -2.23. The molecule has 0 aliphatic rings. The van der Waals surface area contributed by atoms with Gasteiger partial charge in [-0.3, -0.25) is 5.10 Å². The van der Waals surface area contributed by atoms with E-state index in [4.69, 9.17) is 9.47 Å². The van der Waals surface area contributed by atoms with E-state index in [-0.39, 0.29) is 4.91 Å². The Kier molecular flexibility index (Phi) is 5.67. The molecule has 0 atom stereocenters. The van der Waals surface area contributed by atoms with Crippen LogP contribution in [0.1, 0.15) is 11.4 Å². The van der Waals surface area contributed by atoms with Crippen molar-refractivity contribution in [2.24, 2.45) is 0 Å². The standard InChI is InChI=1S/C14H14BrN3O4S/c1-7-16-14(18-17-7)23-12(13(19)20)5-8-4-9(15)11(22-3)6-10(8)21-2/h4-6H,1-3H3,(H,19,20)(H,16,17,18)/p-1/b12-5+. The fraction of sp³-hybridized carbons (Fsp3) is 0.214. The first-order valence-electron chi connectivity index (χ1n) is 6.36. The van der Waals surface area contributed by atoms with Crippen molar-refractivity contribution < 1.29 is 19.4 Å². The number of hydrogen-bond acceptors (Lipinski definition) is 7. The first kappa shape index (κ1) is 17.4. The highest BCUT2D eigenvalue weighted by Crippen LogP contribution is 2.35. The molecule has 0 aliphatic carbocycles. The normalized spacial score (nSPS) is 11.4. The third-order valence-corrected chi connectivity index (χ3v) is 4.26. The lowest BCUT2D eigenvalue weighted by molar-refractivity contribution is -0.297. The molecule has 7 nitrogen and oxygen atoms in total. The summed E-state index contributed by atoms with van der Waals surface area (Å²) in [6.45, 7) is 1.73. The van der Waals surface area contributed by atoms with Crippen LogP contribution in [0.3, 0.4) is 0 Å².